The van der Waals surface area contributed by atoms with Crippen molar-refractivity contribution in [1.82, 2.24) is 4.90 Å². The van der Waals surface area contributed by atoms with Gasteiger partial charge in [0.1, 0.15) is 0 Å². The van der Waals surface area contributed by atoms with Gasteiger partial charge in [0, 0.05) is 42.8 Å². The molecule has 2 heterocycles. The number of piperidine rings is 1. The summed E-state index contributed by atoms with van der Waals surface area (Å²) in [6, 6.07) is 14.3. The third-order valence-electron chi connectivity index (χ3n) is 6.46. The Morgan fingerprint density at radius 2 is 1.79 bits per heavy atom. The summed E-state index contributed by atoms with van der Waals surface area (Å²) in [7, 11) is 0. The number of nitrogens with zero attached hydrogens (tertiary/aromatic N) is 2. The monoisotopic (exact) mass is 391 g/mol. The van der Waals surface area contributed by atoms with E-state index in [9.17, 15) is 9.59 Å². The number of aryl methyl sites for hydroxylation is 2. The molecule has 152 valence electrons. The predicted molar refractivity (Wildman–Crippen MR) is 117 cm³/mol. The fraction of sp³-hybridized carbons (Fsp3) is 0.417. The van der Waals surface area contributed by atoms with Gasteiger partial charge in [0.15, 0.2) is 0 Å². The van der Waals surface area contributed by atoms with Crippen molar-refractivity contribution in [1.29, 1.82) is 0 Å². The number of benzene rings is 2. The third kappa shape index (κ3) is 3.50. The van der Waals surface area contributed by atoms with E-state index in [4.69, 9.17) is 0 Å². The van der Waals surface area contributed by atoms with Crippen molar-refractivity contribution < 1.29 is 9.59 Å². The van der Waals surface area contributed by atoms with E-state index in [1.165, 1.54) is 11.1 Å². The fourth-order valence-electron chi connectivity index (χ4n) is 4.76. The van der Waals surface area contributed by atoms with Crippen LogP contribution in [0.25, 0.3) is 0 Å². The summed E-state index contributed by atoms with van der Waals surface area (Å²) in [6.45, 7) is 8.09. The summed E-state index contributed by atoms with van der Waals surface area (Å²) in [5.41, 5.74) is 5.39. The van der Waals surface area contributed by atoms with Crippen molar-refractivity contribution in [2.24, 2.45) is 0 Å². The molecule has 29 heavy (non-hydrogen) atoms. The molecular weight excluding hydrogens is 362 g/mol. The maximum atomic E-state index is 12.8. The summed E-state index contributed by atoms with van der Waals surface area (Å²) < 4.78 is 0. The number of nitrogens with one attached hydrogen (secondary N) is 1. The van der Waals surface area contributed by atoms with Gasteiger partial charge < -0.3 is 15.1 Å². The molecule has 3 amide bonds. The maximum Gasteiger partial charge on any atom is 0.321 e. The van der Waals surface area contributed by atoms with Crippen molar-refractivity contribution in [3.63, 3.8) is 0 Å². The molecule has 1 spiro atoms. The molecule has 0 aliphatic carbocycles. The summed E-state index contributed by atoms with van der Waals surface area (Å²) >= 11 is 0. The Balaban J connectivity index is 1.48. The minimum Gasteiger partial charge on any atom is -0.324 e. The van der Waals surface area contributed by atoms with Crippen molar-refractivity contribution in [2.45, 2.75) is 45.4 Å². The average Bonchev–Trinajstić information content (AvgIpc) is 3.04. The Labute approximate surface area is 172 Å². The van der Waals surface area contributed by atoms with Gasteiger partial charge in [0.25, 0.3) is 0 Å². The van der Waals surface area contributed by atoms with E-state index < -0.39 is 0 Å². The first-order valence-corrected chi connectivity index (χ1v) is 10.5. The van der Waals surface area contributed by atoms with E-state index in [0.29, 0.717) is 19.5 Å². The van der Waals surface area contributed by atoms with Crippen LogP contribution in [0.15, 0.2) is 42.5 Å². The second-order valence-corrected chi connectivity index (χ2v) is 8.37. The molecule has 0 saturated carbocycles. The molecule has 1 N–H and O–H groups in total. The SMILES string of the molecule is CCC(=O)N1CC2(CCN(C(=O)Nc3ccc(C)cc3C)CC2)c2ccccc21. The smallest absolute Gasteiger partial charge is 0.321 e. The van der Waals surface area contributed by atoms with Crippen molar-refractivity contribution in [3.05, 3.63) is 59.2 Å². The van der Waals surface area contributed by atoms with Gasteiger partial charge in [-0.1, -0.05) is 42.8 Å². The van der Waals surface area contributed by atoms with E-state index in [1.807, 2.05) is 41.8 Å². The molecule has 5 heteroatoms. The molecule has 2 aliphatic rings. The van der Waals surface area contributed by atoms with Crippen LogP contribution in [-0.4, -0.2) is 36.5 Å². The fourth-order valence-corrected chi connectivity index (χ4v) is 4.76. The van der Waals surface area contributed by atoms with Crippen molar-refractivity contribution in [3.8, 4) is 0 Å². The molecule has 0 bridgehead atoms. The molecule has 0 unspecified atom stereocenters. The highest BCUT2D eigenvalue weighted by molar-refractivity contribution is 5.96. The van der Waals surface area contributed by atoms with Crippen LogP contribution < -0.4 is 10.2 Å². The number of amides is 3. The molecule has 0 atom stereocenters. The molecule has 5 nitrogen and oxygen atoms in total. The topological polar surface area (TPSA) is 52.7 Å². The molecule has 0 aromatic heterocycles. The van der Waals surface area contributed by atoms with Gasteiger partial charge in [0.05, 0.1) is 0 Å². The van der Waals surface area contributed by atoms with Crippen LogP contribution in [0.1, 0.15) is 42.9 Å². The van der Waals surface area contributed by atoms with E-state index in [-0.39, 0.29) is 17.4 Å². The second kappa shape index (κ2) is 7.54. The molecule has 0 radical (unpaired) electrons. The second-order valence-electron chi connectivity index (χ2n) is 8.37. The van der Waals surface area contributed by atoms with Gasteiger partial charge in [-0.2, -0.15) is 0 Å². The quantitative estimate of drug-likeness (QED) is 0.812. The third-order valence-corrected chi connectivity index (χ3v) is 6.46. The summed E-state index contributed by atoms with van der Waals surface area (Å²) in [5, 5.41) is 3.06. The minimum absolute atomic E-state index is 0.0421. The summed E-state index contributed by atoms with van der Waals surface area (Å²) in [4.78, 5) is 29.2. The highest BCUT2D eigenvalue weighted by atomic mass is 16.2. The zero-order valence-electron chi connectivity index (χ0n) is 17.5. The number of fused-ring (bicyclic) bond motifs is 2. The first-order chi connectivity index (χ1) is 13.9. The number of urea groups is 1. The standard InChI is InChI=1S/C24H29N3O2/c1-4-22(28)27-16-24(19-7-5-6-8-21(19)27)11-13-26(14-12-24)23(29)25-20-10-9-17(2)15-18(20)3/h5-10,15H,4,11-14,16H2,1-3H3,(H,25,29). The number of para-hydroxylation sites is 1. The van der Waals surface area contributed by atoms with Crippen LogP contribution in [0.2, 0.25) is 0 Å². The van der Waals surface area contributed by atoms with Crippen molar-refractivity contribution >= 4 is 23.3 Å². The number of hydrogen-bond donors (Lipinski definition) is 1. The molecule has 1 fully saturated rings. The summed E-state index contributed by atoms with van der Waals surface area (Å²) in [6.07, 6.45) is 2.25. The maximum absolute atomic E-state index is 12.8. The largest absolute Gasteiger partial charge is 0.324 e. The van der Waals surface area contributed by atoms with Crippen molar-refractivity contribution in [2.75, 3.05) is 29.9 Å². The Kier molecular flexibility index (Phi) is 5.07. The number of hydrogen-bond acceptors (Lipinski definition) is 2. The highest BCUT2D eigenvalue weighted by Crippen LogP contribution is 2.47. The average molecular weight is 392 g/mol. The lowest BCUT2D eigenvalue weighted by Crippen LogP contribution is -2.48. The lowest BCUT2D eigenvalue weighted by atomic mass is 9.74. The first-order valence-electron chi connectivity index (χ1n) is 10.5. The van der Waals surface area contributed by atoms with Gasteiger partial charge in [-0.25, -0.2) is 4.79 Å². The van der Waals surface area contributed by atoms with Crippen LogP contribution in [0.4, 0.5) is 16.2 Å². The van der Waals surface area contributed by atoms with Gasteiger partial charge in [-0.05, 0) is 49.9 Å². The van der Waals surface area contributed by atoms with Crippen LogP contribution in [0, 0.1) is 13.8 Å². The molecule has 1 saturated heterocycles. The Morgan fingerprint density at radius 3 is 2.48 bits per heavy atom. The zero-order chi connectivity index (χ0) is 20.6. The Bertz CT molecular complexity index is 945. The number of likely N-dealkylation sites (tertiary alicyclic amines) is 1. The van der Waals surface area contributed by atoms with Gasteiger partial charge >= 0.3 is 6.03 Å². The molecule has 2 aromatic rings. The first kappa shape index (κ1) is 19.5. The zero-order valence-corrected chi connectivity index (χ0v) is 17.5. The van der Waals surface area contributed by atoms with Gasteiger partial charge in [0.2, 0.25) is 5.91 Å². The van der Waals surface area contributed by atoms with Gasteiger partial charge in [-0.15, -0.1) is 0 Å². The predicted octanol–water partition coefficient (Wildman–Crippen LogP) is 4.63. The lowest BCUT2D eigenvalue weighted by Gasteiger charge is -2.39. The summed E-state index contributed by atoms with van der Waals surface area (Å²) in [5.74, 6) is 0.171. The Hall–Kier alpha value is -2.82. The molecule has 4 rings (SSSR count). The van der Waals surface area contributed by atoms with Crippen LogP contribution in [0.5, 0.6) is 0 Å². The van der Waals surface area contributed by atoms with E-state index in [0.717, 1.165) is 36.3 Å². The lowest BCUT2D eigenvalue weighted by molar-refractivity contribution is -0.118. The number of carbonyl (C=O) groups is 2. The number of anilines is 2. The van der Waals surface area contributed by atoms with Crippen LogP contribution >= 0.6 is 0 Å². The normalized spacial score (nSPS) is 17.3. The molecular formula is C24H29N3O2. The number of carbonyl (C=O) groups excluding carboxylic acids is 2. The molecule has 2 aliphatic heterocycles. The van der Waals surface area contributed by atoms with E-state index >= 15 is 0 Å². The minimum atomic E-state index is -0.0437. The van der Waals surface area contributed by atoms with Crippen LogP contribution in [-0.2, 0) is 10.2 Å². The van der Waals surface area contributed by atoms with E-state index in [2.05, 4.69) is 36.5 Å². The van der Waals surface area contributed by atoms with Gasteiger partial charge in [-0.3, -0.25) is 4.79 Å². The number of rotatable bonds is 2. The van der Waals surface area contributed by atoms with E-state index in [1.54, 1.807) is 0 Å². The molecule has 2 aromatic carbocycles. The highest BCUT2D eigenvalue weighted by Gasteiger charge is 2.46. The van der Waals surface area contributed by atoms with Crippen LogP contribution in [0.3, 0.4) is 0 Å². The Morgan fingerprint density at radius 1 is 1.07 bits per heavy atom.